The van der Waals surface area contributed by atoms with Crippen LogP contribution in [0.1, 0.15) is 33.6 Å². The van der Waals surface area contributed by atoms with E-state index < -0.39 is 11.5 Å². The molecule has 0 aliphatic rings. The molecule has 0 atom stereocenters. The number of nitrogens with one attached hydrogen (secondary N) is 2. The molecule has 0 radical (unpaired) electrons. The topological polar surface area (TPSA) is 93.1 Å². The van der Waals surface area contributed by atoms with Crippen LogP contribution in [0.2, 0.25) is 5.02 Å². The predicted octanol–water partition coefficient (Wildman–Crippen LogP) is 4.10. The van der Waals surface area contributed by atoms with Crippen LogP contribution in [0.5, 0.6) is 0 Å². The highest BCUT2D eigenvalue weighted by atomic mass is 35.5. The van der Waals surface area contributed by atoms with Crippen molar-refractivity contribution in [2.75, 3.05) is 10.6 Å². The van der Waals surface area contributed by atoms with Crippen LogP contribution in [0, 0.1) is 20.8 Å². The van der Waals surface area contributed by atoms with E-state index in [-0.39, 0.29) is 24.6 Å². The molecular weight excluding hydrogens is 416 g/mol. The molecule has 3 rings (SSSR count). The molecule has 0 bridgehead atoms. The highest BCUT2D eigenvalue weighted by Crippen LogP contribution is 2.23. The molecule has 0 unspecified atom stereocenters. The maximum atomic E-state index is 12.5. The van der Waals surface area contributed by atoms with Crippen molar-refractivity contribution in [3.63, 3.8) is 0 Å². The number of nitrogens with zero attached hydrogens (tertiary/aromatic N) is 2. The zero-order chi connectivity index (χ0) is 22.5. The van der Waals surface area contributed by atoms with Gasteiger partial charge in [-0.1, -0.05) is 23.7 Å². The van der Waals surface area contributed by atoms with Gasteiger partial charge in [-0.25, -0.2) is 4.68 Å². The molecule has 2 amide bonds. The predicted molar refractivity (Wildman–Crippen MR) is 122 cm³/mol. The van der Waals surface area contributed by atoms with E-state index in [4.69, 9.17) is 11.6 Å². The summed E-state index contributed by atoms with van der Waals surface area (Å²) in [6, 6.07) is 13.5. The number of hydrogen-bond acceptors (Lipinski definition) is 4. The third-order valence-electron chi connectivity index (χ3n) is 4.96. The third-order valence-corrected chi connectivity index (χ3v) is 5.37. The summed E-state index contributed by atoms with van der Waals surface area (Å²) in [5, 5.41) is 10.2. The molecule has 0 aliphatic heterocycles. The van der Waals surface area contributed by atoms with E-state index in [1.165, 1.54) is 12.1 Å². The van der Waals surface area contributed by atoms with Gasteiger partial charge in [0.15, 0.2) is 0 Å². The van der Waals surface area contributed by atoms with Crippen molar-refractivity contribution in [1.82, 2.24) is 9.78 Å². The van der Waals surface area contributed by atoms with Crippen LogP contribution in [-0.4, -0.2) is 21.6 Å². The van der Waals surface area contributed by atoms with Gasteiger partial charge in [0.1, 0.15) is 5.69 Å². The quantitative estimate of drug-likeness (QED) is 0.605. The van der Waals surface area contributed by atoms with E-state index in [0.717, 1.165) is 21.4 Å². The van der Waals surface area contributed by atoms with Crippen molar-refractivity contribution in [3.05, 3.63) is 86.3 Å². The van der Waals surface area contributed by atoms with E-state index in [9.17, 15) is 14.4 Å². The van der Waals surface area contributed by atoms with Crippen molar-refractivity contribution in [3.8, 4) is 0 Å². The summed E-state index contributed by atoms with van der Waals surface area (Å²) in [6.45, 7) is 5.79. The standard InChI is InChI=1S/C23H23ClN4O3/c1-14-7-8-17(13-15(14)2)25-23(31)20-9-10-22(30)28(27-20)12-11-21(29)26-19-6-4-5-18(24)16(19)3/h4-10,13H,11-12H2,1-3H3,(H,25,31)(H,26,29). The molecule has 0 saturated carbocycles. The van der Waals surface area contributed by atoms with E-state index in [1.54, 1.807) is 24.3 Å². The van der Waals surface area contributed by atoms with Gasteiger partial charge in [0.05, 0.1) is 6.54 Å². The molecular formula is C23H23ClN4O3. The second kappa shape index (κ2) is 9.57. The van der Waals surface area contributed by atoms with Crippen LogP contribution in [0.25, 0.3) is 0 Å². The minimum absolute atomic E-state index is 0.0150. The minimum Gasteiger partial charge on any atom is -0.326 e. The average Bonchev–Trinajstić information content (AvgIpc) is 2.73. The average molecular weight is 439 g/mol. The van der Waals surface area contributed by atoms with Gasteiger partial charge < -0.3 is 10.6 Å². The Kier molecular flexibility index (Phi) is 6.87. The number of aromatic nitrogens is 2. The number of rotatable bonds is 6. The summed E-state index contributed by atoms with van der Waals surface area (Å²) >= 11 is 6.07. The van der Waals surface area contributed by atoms with Crippen LogP contribution in [0.3, 0.4) is 0 Å². The third kappa shape index (κ3) is 5.58. The van der Waals surface area contributed by atoms with Gasteiger partial charge in [-0.3, -0.25) is 14.4 Å². The monoisotopic (exact) mass is 438 g/mol. The largest absolute Gasteiger partial charge is 0.326 e. The molecule has 0 saturated heterocycles. The zero-order valence-electron chi connectivity index (χ0n) is 17.5. The lowest BCUT2D eigenvalue weighted by molar-refractivity contribution is -0.116. The van der Waals surface area contributed by atoms with Crippen LogP contribution in [-0.2, 0) is 11.3 Å². The first-order chi connectivity index (χ1) is 14.7. The first-order valence-corrected chi connectivity index (χ1v) is 10.1. The Morgan fingerprint density at radius 1 is 1.00 bits per heavy atom. The number of carbonyl (C=O) groups is 2. The van der Waals surface area contributed by atoms with Crippen molar-refractivity contribution < 1.29 is 9.59 Å². The highest BCUT2D eigenvalue weighted by molar-refractivity contribution is 6.31. The summed E-state index contributed by atoms with van der Waals surface area (Å²) in [7, 11) is 0. The van der Waals surface area contributed by atoms with Gasteiger partial charge in [-0.15, -0.1) is 0 Å². The number of benzene rings is 2. The Labute approximate surface area is 185 Å². The second-order valence-corrected chi connectivity index (χ2v) is 7.65. The maximum Gasteiger partial charge on any atom is 0.276 e. The molecule has 1 aromatic heterocycles. The van der Waals surface area contributed by atoms with Gasteiger partial charge in [-0.05, 0) is 67.8 Å². The van der Waals surface area contributed by atoms with E-state index in [0.29, 0.717) is 16.4 Å². The lowest BCUT2D eigenvalue weighted by Gasteiger charge is -2.11. The van der Waals surface area contributed by atoms with E-state index in [1.807, 2.05) is 32.9 Å². The molecule has 7 nitrogen and oxygen atoms in total. The summed E-state index contributed by atoms with van der Waals surface area (Å²) in [5.74, 6) is -0.722. The van der Waals surface area contributed by atoms with E-state index in [2.05, 4.69) is 15.7 Å². The normalized spacial score (nSPS) is 10.6. The Bertz CT molecular complexity index is 1200. The first-order valence-electron chi connectivity index (χ1n) is 9.76. The Morgan fingerprint density at radius 3 is 2.52 bits per heavy atom. The van der Waals surface area contributed by atoms with Crippen LogP contribution in [0.4, 0.5) is 11.4 Å². The molecule has 0 spiro atoms. The zero-order valence-corrected chi connectivity index (χ0v) is 18.3. The molecule has 160 valence electrons. The highest BCUT2D eigenvalue weighted by Gasteiger charge is 2.12. The molecule has 0 fully saturated rings. The first kappa shape index (κ1) is 22.2. The van der Waals surface area contributed by atoms with Crippen molar-refractivity contribution in [2.45, 2.75) is 33.7 Å². The Morgan fingerprint density at radius 2 is 1.77 bits per heavy atom. The Hall–Kier alpha value is -3.45. The van der Waals surface area contributed by atoms with Crippen LogP contribution < -0.4 is 16.2 Å². The maximum absolute atomic E-state index is 12.5. The molecule has 2 N–H and O–H groups in total. The van der Waals surface area contributed by atoms with Gasteiger partial charge in [0.25, 0.3) is 11.5 Å². The molecule has 2 aromatic carbocycles. The molecule has 31 heavy (non-hydrogen) atoms. The van der Waals surface area contributed by atoms with Crippen molar-refractivity contribution >= 4 is 34.8 Å². The fraction of sp³-hybridized carbons (Fsp3) is 0.217. The fourth-order valence-electron chi connectivity index (χ4n) is 2.91. The van der Waals surface area contributed by atoms with Gasteiger partial charge in [0, 0.05) is 28.9 Å². The number of amides is 2. The van der Waals surface area contributed by atoms with E-state index >= 15 is 0 Å². The summed E-state index contributed by atoms with van der Waals surface area (Å²) in [5.41, 5.74) is 3.88. The second-order valence-electron chi connectivity index (χ2n) is 7.24. The van der Waals surface area contributed by atoms with Crippen molar-refractivity contribution in [2.24, 2.45) is 0 Å². The number of aryl methyl sites for hydroxylation is 3. The van der Waals surface area contributed by atoms with Gasteiger partial charge in [-0.2, -0.15) is 5.10 Å². The molecule has 8 heteroatoms. The summed E-state index contributed by atoms with van der Waals surface area (Å²) in [4.78, 5) is 37.0. The van der Waals surface area contributed by atoms with Gasteiger partial charge >= 0.3 is 0 Å². The van der Waals surface area contributed by atoms with Crippen molar-refractivity contribution in [1.29, 1.82) is 0 Å². The minimum atomic E-state index is -0.434. The molecule has 1 heterocycles. The SMILES string of the molecule is Cc1ccc(NC(=O)c2ccc(=O)n(CCC(=O)Nc3cccc(Cl)c3C)n2)cc1C. The molecule has 3 aromatic rings. The summed E-state index contributed by atoms with van der Waals surface area (Å²) in [6.07, 6.45) is 0.0150. The van der Waals surface area contributed by atoms with Crippen LogP contribution in [0.15, 0.2) is 53.3 Å². The summed E-state index contributed by atoms with van der Waals surface area (Å²) < 4.78 is 1.11. The van der Waals surface area contributed by atoms with Gasteiger partial charge in [0.2, 0.25) is 5.91 Å². The number of halogens is 1. The number of carbonyl (C=O) groups excluding carboxylic acids is 2. The molecule has 0 aliphatic carbocycles. The van der Waals surface area contributed by atoms with Crippen LogP contribution >= 0.6 is 11.6 Å². The lowest BCUT2D eigenvalue weighted by Crippen LogP contribution is -2.28. The number of anilines is 2. The fourth-order valence-corrected chi connectivity index (χ4v) is 3.08. The smallest absolute Gasteiger partial charge is 0.276 e. The lowest BCUT2D eigenvalue weighted by atomic mass is 10.1. The number of hydrogen-bond donors (Lipinski definition) is 2. The Balaban J connectivity index is 1.67.